The van der Waals surface area contributed by atoms with Gasteiger partial charge in [-0.2, -0.15) is 10.2 Å². The number of piperidine rings is 2. The summed E-state index contributed by atoms with van der Waals surface area (Å²) in [6.07, 6.45) is 9.75. The first kappa shape index (κ1) is 34.2. The number of carboxylic acid groups (broad SMARTS) is 1. The van der Waals surface area contributed by atoms with Crippen LogP contribution in [0.25, 0.3) is 11.1 Å². The molecule has 4 aliphatic heterocycles. The van der Waals surface area contributed by atoms with Crippen molar-refractivity contribution >= 4 is 29.3 Å². The summed E-state index contributed by atoms with van der Waals surface area (Å²) in [5, 5.41) is 18.8. The van der Waals surface area contributed by atoms with Gasteiger partial charge in [0.05, 0.1) is 24.3 Å². The van der Waals surface area contributed by atoms with Gasteiger partial charge < -0.3 is 19.8 Å². The Bertz CT molecular complexity index is 1970. The lowest BCUT2D eigenvalue weighted by atomic mass is 9.92. The third kappa shape index (κ3) is 6.39. The fourth-order valence-electron chi connectivity index (χ4n) is 8.60. The van der Waals surface area contributed by atoms with Crippen molar-refractivity contribution in [3.8, 4) is 11.1 Å². The quantitative estimate of drug-likeness (QED) is 0.279. The van der Waals surface area contributed by atoms with Crippen molar-refractivity contribution < 1.29 is 23.5 Å². The van der Waals surface area contributed by atoms with Gasteiger partial charge in [-0.05, 0) is 61.8 Å². The molecule has 0 aliphatic carbocycles. The Morgan fingerprint density at radius 2 is 1.73 bits per heavy atom. The Labute approximate surface area is 300 Å². The topological polar surface area (TPSA) is 129 Å². The number of fused-ring (bicyclic) bond motifs is 2. The summed E-state index contributed by atoms with van der Waals surface area (Å²) in [4.78, 5) is 41.2. The zero-order chi connectivity index (χ0) is 36.1. The molecule has 8 rings (SSSR count). The zero-order valence-electron chi connectivity index (χ0n) is 29.6. The molecule has 1 atom stereocenters. The normalized spacial score (nSPS) is 19.9. The number of aromatic nitrogens is 6. The number of carbonyl (C=O) groups excluding carboxylic acids is 1. The third-order valence-corrected chi connectivity index (χ3v) is 11.3. The van der Waals surface area contributed by atoms with E-state index in [0.29, 0.717) is 49.2 Å². The smallest absolute Gasteiger partial charge is 0.338 e. The van der Waals surface area contributed by atoms with Crippen molar-refractivity contribution in [3.63, 3.8) is 0 Å². The van der Waals surface area contributed by atoms with Gasteiger partial charge in [-0.15, -0.1) is 0 Å². The maximum atomic E-state index is 14.7. The number of alkyl halides is 2. The number of aryl methyl sites for hydroxylation is 2. The van der Waals surface area contributed by atoms with E-state index in [1.165, 1.54) is 12.4 Å². The summed E-state index contributed by atoms with van der Waals surface area (Å²) in [6.45, 7) is 6.77. The molecule has 1 aromatic carbocycles. The number of carbonyl (C=O) groups is 2. The Morgan fingerprint density at radius 3 is 2.42 bits per heavy atom. The van der Waals surface area contributed by atoms with Crippen molar-refractivity contribution in [2.45, 2.75) is 76.9 Å². The van der Waals surface area contributed by atoms with E-state index in [1.54, 1.807) is 37.1 Å². The monoisotopic (exact) mass is 714 g/mol. The average molecular weight is 715 g/mol. The van der Waals surface area contributed by atoms with Crippen LogP contribution < -0.4 is 9.80 Å². The van der Waals surface area contributed by atoms with Gasteiger partial charge in [-0.3, -0.25) is 19.1 Å². The second kappa shape index (κ2) is 13.9. The molecule has 7 heterocycles. The Kier molecular flexibility index (Phi) is 9.14. The van der Waals surface area contributed by atoms with E-state index < -0.39 is 12.4 Å². The van der Waals surface area contributed by atoms with Crippen molar-refractivity contribution in [2.75, 3.05) is 49.1 Å². The van der Waals surface area contributed by atoms with Crippen LogP contribution in [0.4, 0.5) is 26.2 Å². The molecular formula is C37H44F2N10O3. The predicted molar refractivity (Wildman–Crippen MR) is 190 cm³/mol. The number of anilines is 3. The average Bonchev–Trinajstić information content (AvgIpc) is 3.77. The number of halogens is 2. The summed E-state index contributed by atoms with van der Waals surface area (Å²) < 4.78 is 33.1. The Hall–Kier alpha value is -4.92. The largest absolute Gasteiger partial charge is 0.478 e. The number of aromatic carboxylic acids is 1. The summed E-state index contributed by atoms with van der Waals surface area (Å²) in [6, 6.07) is 4.08. The fraction of sp³-hybridized carbons (Fsp3) is 0.514. The maximum Gasteiger partial charge on any atom is 0.338 e. The van der Waals surface area contributed by atoms with Gasteiger partial charge in [-0.25, -0.2) is 23.5 Å². The number of hydrogen-bond donors (Lipinski definition) is 1. The van der Waals surface area contributed by atoms with Crippen LogP contribution in [0.2, 0.25) is 0 Å². The molecule has 52 heavy (non-hydrogen) atoms. The van der Waals surface area contributed by atoms with Crippen molar-refractivity contribution in [1.29, 1.82) is 0 Å². The molecule has 2 saturated heterocycles. The highest BCUT2D eigenvalue weighted by Gasteiger charge is 2.36. The minimum absolute atomic E-state index is 0.0163. The van der Waals surface area contributed by atoms with Crippen molar-refractivity contribution in [3.05, 3.63) is 64.9 Å². The first-order valence-electron chi connectivity index (χ1n) is 18.3. The molecule has 13 nitrogen and oxygen atoms in total. The molecule has 0 spiro atoms. The van der Waals surface area contributed by atoms with Crippen LogP contribution in [-0.4, -0.2) is 102 Å². The van der Waals surface area contributed by atoms with Gasteiger partial charge in [0.25, 0.3) is 6.43 Å². The molecule has 0 radical (unpaired) electrons. The van der Waals surface area contributed by atoms with Crippen LogP contribution in [0, 0.1) is 0 Å². The van der Waals surface area contributed by atoms with Crippen LogP contribution in [-0.2, 0) is 31.2 Å². The molecule has 4 aliphatic rings. The van der Waals surface area contributed by atoms with E-state index in [0.717, 1.165) is 93.0 Å². The number of rotatable bonds is 7. The molecular weight excluding hydrogens is 670 g/mol. The van der Waals surface area contributed by atoms with Gasteiger partial charge >= 0.3 is 5.97 Å². The lowest BCUT2D eigenvalue weighted by Crippen LogP contribution is -2.51. The van der Waals surface area contributed by atoms with Crippen LogP contribution in [0.5, 0.6) is 0 Å². The zero-order valence-corrected chi connectivity index (χ0v) is 29.6. The Morgan fingerprint density at radius 1 is 0.942 bits per heavy atom. The number of hydrogen-bond acceptors (Lipinski definition) is 9. The standard InChI is InChI=1S/C37H44F2N10O3/c1-23(50)46-14-9-32-31(22-46)35(48-11-3-5-24-15-29(26-19-42-44(2)20-26)30(34(38)39)16-33(24)48)43-49(32)27-7-12-45(13-8-27)28-6-4-10-47(21-28)37-40-17-25(18-41-37)36(51)52/h15-20,27-28,34H,3-14,21-22H2,1-2H3,(H,51,52)/t28-/m1/s1. The molecule has 1 amide bonds. The van der Waals surface area contributed by atoms with Crippen LogP contribution in [0.1, 0.15) is 84.2 Å². The molecule has 0 unspecified atom stereocenters. The highest BCUT2D eigenvalue weighted by atomic mass is 19.3. The SMILES string of the molecule is CC(=O)N1CCc2c(c(N3CCCc4cc(-c5cnn(C)c5)c(C(F)F)cc43)nn2C2CCN([C@@H]3CCCN(c4ncc(C(=O)O)cn4)C3)CC2)C1. The number of benzene rings is 1. The first-order chi connectivity index (χ1) is 25.1. The number of amides is 1. The van der Waals surface area contributed by atoms with Gasteiger partial charge in [-0.1, -0.05) is 0 Å². The fourth-order valence-corrected chi connectivity index (χ4v) is 8.60. The van der Waals surface area contributed by atoms with Gasteiger partial charge in [0.2, 0.25) is 11.9 Å². The van der Waals surface area contributed by atoms with Gasteiger partial charge in [0.15, 0.2) is 5.82 Å². The summed E-state index contributed by atoms with van der Waals surface area (Å²) >= 11 is 0. The lowest BCUT2D eigenvalue weighted by molar-refractivity contribution is -0.129. The van der Waals surface area contributed by atoms with Gasteiger partial charge in [0.1, 0.15) is 0 Å². The maximum absolute atomic E-state index is 14.7. The summed E-state index contributed by atoms with van der Waals surface area (Å²) in [5.74, 6) is 0.316. The van der Waals surface area contributed by atoms with E-state index in [-0.39, 0.29) is 23.1 Å². The van der Waals surface area contributed by atoms with E-state index in [2.05, 4.69) is 34.4 Å². The molecule has 2 fully saturated rings. The van der Waals surface area contributed by atoms with Crippen molar-refractivity contribution in [1.82, 2.24) is 39.3 Å². The van der Waals surface area contributed by atoms with E-state index in [4.69, 9.17) is 5.10 Å². The number of nitrogens with zero attached hydrogens (tertiary/aromatic N) is 10. The molecule has 0 saturated carbocycles. The van der Waals surface area contributed by atoms with Crippen LogP contribution in [0.3, 0.4) is 0 Å². The first-order valence-corrected chi connectivity index (χ1v) is 18.3. The number of carboxylic acids is 1. The highest BCUT2D eigenvalue weighted by Crippen LogP contribution is 2.44. The molecule has 274 valence electrons. The lowest BCUT2D eigenvalue weighted by Gasteiger charge is -2.42. The molecule has 3 aromatic heterocycles. The predicted octanol–water partition coefficient (Wildman–Crippen LogP) is 5.00. The van der Waals surface area contributed by atoms with Crippen molar-refractivity contribution in [2.24, 2.45) is 7.05 Å². The summed E-state index contributed by atoms with van der Waals surface area (Å²) in [5.41, 5.74) is 5.18. The second-order valence-electron chi connectivity index (χ2n) is 14.5. The van der Waals surface area contributed by atoms with Gasteiger partial charge in [0, 0.05) is 112 Å². The molecule has 1 N–H and O–H groups in total. The Balaban J connectivity index is 1.05. The third-order valence-electron chi connectivity index (χ3n) is 11.3. The van der Waals surface area contributed by atoms with E-state index in [1.807, 2.05) is 11.0 Å². The van der Waals surface area contributed by atoms with E-state index >= 15 is 0 Å². The minimum Gasteiger partial charge on any atom is -0.478 e. The molecule has 4 aromatic rings. The van der Waals surface area contributed by atoms with Crippen LogP contribution >= 0.6 is 0 Å². The summed E-state index contributed by atoms with van der Waals surface area (Å²) in [7, 11) is 1.78. The minimum atomic E-state index is -2.66. The molecule has 15 heteroatoms. The molecule has 0 bridgehead atoms. The van der Waals surface area contributed by atoms with E-state index in [9.17, 15) is 23.5 Å². The second-order valence-corrected chi connectivity index (χ2v) is 14.5. The highest BCUT2D eigenvalue weighted by molar-refractivity contribution is 5.86. The number of likely N-dealkylation sites (tertiary alicyclic amines) is 1. The van der Waals surface area contributed by atoms with Crippen LogP contribution in [0.15, 0.2) is 36.9 Å².